The van der Waals surface area contributed by atoms with Crippen LogP contribution in [0.5, 0.6) is 5.75 Å². The molecule has 0 saturated carbocycles. The summed E-state index contributed by atoms with van der Waals surface area (Å²) in [5, 5.41) is 9.53. The highest BCUT2D eigenvalue weighted by Crippen LogP contribution is 2.20. The lowest BCUT2D eigenvalue weighted by molar-refractivity contribution is -0.136. The number of rotatable bonds is 6. The molecule has 0 spiro atoms. The number of likely N-dealkylation sites (tertiary alicyclic amines) is 1. The fourth-order valence-electron chi connectivity index (χ4n) is 2.93. The Morgan fingerprint density at radius 1 is 1.39 bits per heavy atom. The van der Waals surface area contributed by atoms with Crippen molar-refractivity contribution >= 4 is 12.0 Å². The lowest BCUT2D eigenvalue weighted by Crippen LogP contribution is -2.43. The van der Waals surface area contributed by atoms with Crippen LogP contribution in [-0.2, 0) is 9.53 Å². The Hall–Kier alpha value is -1.85. The number of carbonyl (C=O) groups is 1. The molecule has 1 aliphatic rings. The first kappa shape index (κ1) is 17.5. The van der Waals surface area contributed by atoms with Gasteiger partial charge in [0, 0.05) is 12.6 Å². The molecule has 0 radical (unpaired) electrons. The lowest BCUT2D eigenvalue weighted by atomic mass is 10.0. The Kier molecular flexibility index (Phi) is 6.62. The number of carbonyl (C=O) groups excluding carboxylic acids is 1. The van der Waals surface area contributed by atoms with Crippen molar-refractivity contribution in [1.82, 2.24) is 4.90 Å². The second-order valence-electron chi connectivity index (χ2n) is 5.74. The number of benzene rings is 1. The van der Waals surface area contributed by atoms with Crippen molar-refractivity contribution in [2.24, 2.45) is 0 Å². The average molecular weight is 319 g/mol. The van der Waals surface area contributed by atoms with Gasteiger partial charge in [-0.1, -0.05) is 18.6 Å². The van der Waals surface area contributed by atoms with Gasteiger partial charge in [0.15, 0.2) is 0 Å². The van der Waals surface area contributed by atoms with Crippen LogP contribution in [0.4, 0.5) is 0 Å². The Morgan fingerprint density at radius 3 is 2.91 bits per heavy atom. The Morgan fingerprint density at radius 2 is 2.22 bits per heavy atom. The molecule has 1 heterocycles. The fraction of sp³-hybridized carbons (Fsp3) is 0.500. The topological polar surface area (TPSA) is 59.0 Å². The predicted molar refractivity (Wildman–Crippen MR) is 89.3 cm³/mol. The van der Waals surface area contributed by atoms with Crippen molar-refractivity contribution in [2.45, 2.75) is 25.3 Å². The minimum atomic E-state index is -0.338. The molecule has 1 fully saturated rings. The minimum Gasteiger partial charge on any atom is -0.497 e. The quantitative estimate of drug-likeness (QED) is 0.643. The summed E-state index contributed by atoms with van der Waals surface area (Å²) in [6.07, 6.45) is 5.00. The first-order chi connectivity index (χ1) is 11.2. The zero-order valence-electron chi connectivity index (χ0n) is 13.8. The molecule has 1 aromatic rings. The molecule has 0 bridgehead atoms. The number of nitrogens with zero attached hydrogens (tertiary/aromatic N) is 1. The summed E-state index contributed by atoms with van der Waals surface area (Å²) in [4.78, 5) is 14.3. The van der Waals surface area contributed by atoms with E-state index in [0.717, 1.165) is 37.1 Å². The van der Waals surface area contributed by atoms with Gasteiger partial charge < -0.3 is 14.6 Å². The molecule has 5 heteroatoms. The molecule has 5 nitrogen and oxygen atoms in total. The normalized spacial score (nSPS) is 19.4. The first-order valence-corrected chi connectivity index (χ1v) is 7.95. The lowest BCUT2D eigenvalue weighted by Gasteiger charge is -2.34. The second-order valence-corrected chi connectivity index (χ2v) is 5.74. The van der Waals surface area contributed by atoms with E-state index in [9.17, 15) is 9.90 Å². The van der Waals surface area contributed by atoms with Crippen LogP contribution in [0.15, 0.2) is 29.8 Å². The SMILES string of the molecule is COC(=O)/C(=C/c1cccc(OC)c1)CN1CCCCC1CO. The van der Waals surface area contributed by atoms with E-state index in [1.54, 1.807) is 7.11 Å². The molecule has 1 N–H and O–H groups in total. The van der Waals surface area contributed by atoms with E-state index in [0.29, 0.717) is 12.1 Å². The maximum absolute atomic E-state index is 12.1. The van der Waals surface area contributed by atoms with Crippen molar-refractivity contribution in [1.29, 1.82) is 0 Å². The van der Waals surface area contributed by atoms with Crippen molar-refractivity contribution < 1.29 is 19.4 Å². The van der Waals surface area contributed by atoms with E-state index in [1.165, 1.54) is 7.11 Å². The van der Waals surface area contributed by atoms with Crippen molar-refractivity contribution in [3.8, 4) is 5.75 Å². The summed E-state index contributed by atoms with van der Waals surface area (Å²) in [5.74, 6) is 0.407. The molecule has 23 heavy (non-hydrogen) atoms. The number of hydrogen-bond acceptors (Lipinski definition) is 5. The van der Waals surface area contributed by atoms with Crippen LogP contribution >= 0.6 is 0 Å². The maximum Gasteiger partial charge on any atom is 0.335 e. The molecule has 0 amide bonds. The number of ether oxygens (including phenoxy) is 2. The van der Waals surface area contributed by atoms with Gasteiger partial charge in [0.2, 0.25) is 0 Å². The van der Waals surface area contributed by atoms with Gasteiger partial charge in [-0.25, -0.2) is 4.79 Å². The third-order valence-corrected chi connectivity index (χ3v) is 4.22. The van der Waals surface area contributed by atoms with Crippen molar-refractivity contribution in [3.05, 3.63) is 35.4 Å². The number of piperidine rings is 1. The van der Waals surface area contributed by atoms with E-state index < -0.39 is 0 Å². The number of aliphatic hydroxyl groups excluding tert-OH is 1. The van der Waals surface area contributed by atoms with E-state index in [1.807, 2.05) is 30.3 Å². The summed E-state index contributed by atoms with van der Waals surface area (Å²) in [5.41, 5.74) is 1.48. The van der Waals surface area contributed by atoms with Gasteiger partial charge in [0.05, 0.1) is 26.4 Å². The predicted octanol–water partition coefficient (Wildman–Crippen LogP) is 2.10. The second kappa shape index (κ2) is 8.70. The van der Waals surface area contributed by atoms with Crippen LogP contribution in [-0.4, -0.2) is 55.9 Å². The molecule has 1 unspecified atom stereocenters. The summed E-state index contributed by atoms with van der Waals surface area (Å²) < 4.78 is 10.1. The zero-order valence-corrected chi connectivity index (χ0v) is 13.8. The molecule has 1 atom stereocenters. The van der Waals surface area contributed by atoms with Gasteiger partial charge in [-0.05, 0) is 43.2 Å². The number of esters is 1. The molecular formula is C18H25NO4. The average Bonchev–Trinajstić information content (AvgIpc) is 2.61. The summed E-state index contributed by atoms with van der Waals surface area (Å²) in [6.45, 7) is 1.49. The highest BCUT2D eigenvalue weighted by molar-refractivity contribution is 5.94. The Labute approximate surface area is 137 Å². The highest BCUT2D eigenvalue weighted by atomic mass is 16.5. The van der Waals surface area contributed by atoms with Crippen LogP contribution in [0, 0.1) is 0 Å². The van der Waals surface area contributed by atoms with Gasteiger partial charge in [0.1, 0.15) is 5.75 Å². The van der Waals surface area contributed by atoms with Crippen molar-refractivity contribution in [3.63, 3.8) is 0 Å². The summed E-state index contributed by atoms with van der Waals surface area (Å²) in [6, 6.07) is 7.66. The number of hydrogen-bond donors (Lipinski definition) is 1. The minimum absolute atomic E-state index is 0.113. The standard InChI is InChI=1S/C18H25NO4/c1-22-17-8-5-6-14(11-17)10-15(18(21)23-2)12-19-9-4-3-7-16(19)13-20/h5-6,8,10-11,16,20H,3-4,7,9,12-13H2,1-2H3/b15-10+. The molecule has 126 valence electrons. The van der Waals surface area contributed by atoms with Gasteiger partial charge in [0.25, 0.3) is 0 Å². The van der Waals surface area contributed by atoms with Crippen LogP contribution in [0.1, 0.15) is 24.8 Å². The van der Waals surface area contributed by atoms with Gasteiger partial charge >= 0.3 is 5.97 Å². The smallest absolute Gasteiger partial charge is 0.335 e. The number of methoxy groups -OCH3 is 2. The van der Waals surface area contributed by atoms with E-state index in [4.69, 9.17) is 9.47 Å². The third-order valence-electron chi connectivity index (χ3n) is 4.22. The Bertz CT molecular complexity index is 556. The highest BCUT2D eigenvalue weighted by Gasteiger charge is 2.24. The van der Waals surface area contributed by atoms with Crippen LogP contribution in [0.3, 0.4) is 0 Å². The molecule has 0 aromatic heterocycles. The third kappa shape index (κ3) is 4.81. The van der Waals surface area contributed by atoms with Gasteiger partial charge in [-0.3, -0.25) is 4.90 Å². The molecule has 2 rings (SSSR count). The largest absolute Gasteiger partial charge is 0.497 e. The number of aliphatic hydroxyl groups is 1. The molecular weight excluding hydrogens is 294 g/mol. The van der Waals surface area contributed by atoms with Gasteiger partial charge in [-0.2, -0.15) is 0 Å². The van der Waals surface area contributed by atoms with Crippen molar-refractivity contribution in [2.75, 3.05) is 33.9 Å². The molecule has 0 aliphatic carbocycles. The van der Waals surface area contributed by atoms with E-state index in [-0.39, 0.29) is 18.6 Å². The van der Waals surface area contributed by atoms with E-state index >= 15 is 0 Å². The van der Waals surface area contributed by atoms with Crippen LogP contribution in [0.2, 0.25) is 0 Å². The molecule has 1 aliphatic heterocycles. The van der Waals surface area contributed by atoms with Crippen LogP contribution in [0.25, 0.3) is 6.08 Å². The van der Waals surface area contributed by atoms with E-state index in [2.05, 4.69) is 4.90 Å². The van der Waals surface area contributed by atoms with Crippen LogP contribution < -0.4 is 4.74 Å². The monoisotopic (exact) mass is 319 g/mol. The Balaban J connectivity index is 2.22. The maximum atomic E-state index is 12.1. The first-order valence-electron chi connectivity index (χ1n) is 7.95. The van der Waals surface area contributed by atoms with Gasteiger partial charge in [-0.15, -0.1) is 0 Å². The zero-order chi connectivity index (χ0) is 16.7. The molecule has 1 saturated heterocycles. The summed E-state index contributed by atoms with van der Waals surface area (Å²) >= 11 is 0. The molecule has 1 aromatic carbocycles. The fourth-order valence-corrected chi connectivity index (χ4v) is 2.93. The summed E-state index contributed by atoms with van der Waals surface area (Å²) in [7, 11) is 3.01.